The van der Waals surface area contributed by atoms with E-state index in [1.165, 1.54) is 37.9 Å². The molecule has 1 saturated heterocycles. The van der Waals surface area contributed by atoms with Crippen molar-refractivity contribution in [3.05, 3.63) is 54.4 Å². The van der Waals surface area contributed by atoms with Gasteiger partial charge in [-0.2, -0.15) is 0 Å². The molecule has 140 valence electrons. The fourth-order valence-corrected chi connectivity index (χ4v) is 4.37. The Hall–Kier alpha value is -2.18. The molecule has 0 N–H and O–H groups in total. The molecule has 0 unspecified atom stereocenters. The van der Waals surface area contributed by atoms with Crippen molar-refractivity contribution in [1.29, 1.82) is 0 Å². The van der Waals surface area contributed by atoms with Gasteiger partial charge in [-0.05, 0) is 57.1 Å². The predicted octanol–water partition coefficient (Wildman–Crippen LogP) is 4.22. The minimum Gasteiger partial charge on any atom is -0.303 e. The Balaban J connectivity index is 1.59. The number of nitrogens with zero attached hydrogens (tertiary/aromatic N) is 5. The van der Waals surface area contributed by atoms with Crippen LogP contribution in [0.4, 0.5) is 0 Å². The lowest BCUT2D eigenvalue weighted by Gasteiger charge is -2.25. The zero-order valence-electron chi connectivity index (χ0n) is 15.7. The van der Waals surface area contributed by atoms with Gasteiger partial charge in [0.25, 0.3) is 0 Å². The van der Waals surface area contributed by atoms with E-state index in [2.05, 4.69) is 55.8 Å². The number of benzene rings is 1. The van der Waals surface area contributed by atoms with Crippen LogP contribution in [-0.2, 0) is 0 Å². The first-order valence-corrected chi connectivity index (χ1v) is 10.6. The second-order valence-electron chi connectivity index (χ2n) is 6.97. The molecule has 0 atom stereocenters. The molecule has 2 aromatic heterocycles. The smallest absolute Gasteiger partial charge is 0.196 e. The van der Waals surface area contributed by atoms with Crippen LogP contribution >= 0.6 is 11.8 Å². The van der Waals surface area contributed by atoms with Crippen molar-refractivity contribution in [2.45, 2.75) is 31.3 Å². The van der Waals surface area contributed by atoms with Gasteiger partial charge in [0.05, 0.1) is 0 Å². The van der Waals surface area contributed by atoms with E-state index >= 15 is 0 Å². The average Bonchev–Trinajstić information content (AvgIpc) is 3.14. The van der Waals surface area contributed by atoms with Gasteiger partial charge in [-0.1, -0.05) is 35.9 Å². The van der Waals surface area contributed by atoms with Crippen LogP contribution in [-0.4, -0.2) is 50.0 Å². The zero-order chi connectivity index (χ0) is 18.5. The van der Waals surface area contributed by atoms with Crippen molar-refractivity contribution in [2.24, 2.45) is 0 Å². The van der Waals surface area contributed by atoms with Crippen LogP contribution in [0.2, 0.25) is 0 Å². The summed E-state index contributed by atoms with van der Waals surface area (Å²) in [6.45, 7) is 5.66. The highest BCUT2D eigenvalue weighted by Gasteiger charge is 2.17. The number of piperidine rings is 1. The van der Waals surface area contributed by atoms with E-state index in [4.69, 9.17) is 0 Å². The van der Waals surface area contributed by atoms with Crippen LogP contribution in [0.1, 0.15) is 24.8 Å². The Morgan fingerprint density at radius 1 is 1.00 bits per heavy atom. The van der Waals surface area contributed by atoms with Crippen molar-refractivity contribution in [1.82, 2.24) is 24.6 Å². The highest BCUT2D eigenvalue weighted by atomic mass is 32.2. The molecule has 0 amide bonds. The number of hydrogen-bond donors (Lipinski definition) is 0. The van der Waals surface area contributed by atoms with E-state index in [1.54, 1.807) is 18.0 Å². The third-order valence-electron chi connectivity index (χ3n) is 4.93. The molecule has 4 rings (SSSR count). The van der Waals surface area contributed by atoms with E-state index in [0.29, 0.717) is 0 Å². The second kappa shape index (κ2) is 8.67. The first-order valence-electron chi connectivity index (χ1n) is 9.59. The van der Waals surface area contributed by atoms with Crippen LogP contribution < -0.4 is 0 Å². The standard InChI is InChI=1S/C21H25N5S/c1-17-7-9-19(10-8-17)26-20(18-6-5-11-22-16-18)23-24-21(26)27-15-14-25-12-3-2-4-13-25/h5-11,16H,2-4,12-15H2,1H3. The molecule has 3 heterocycles. The quantitative estimate of drug-likeness (QED) is 0.600. The molecule has 0 radical (unpaired) electrons. The van der Waals surface area contributed by atoms with Gasteiger partial charge in [0.1, 0.15) is 0 Å². The Labute approximate surface area is 164 Å². The molecule has 6 heteroatoms. The molecule has 0 saturated carbocycles. The first kappa shape index (κ1) is 18.2. The summed E-state index contributed by atoms with van der Waals surface area (Å²) < 4.78 is 2.15. The van der Waals surface area contributed by atoms with Gasteiger partial charge in [-0.25, -0.2) is 0 Å². The molecule has 3 aromatic rings. The van der Waals surface area contributed by atoms with Gasteiger partial charge >= 0.3 is 0 Å². The topological polar surface area (TPSA) is 46.8 Å². The maximum absolute atomic E-state index is 4.50. The maximum Gasteiger partial charge on any atom is 0.196 e. The van der Waals surface area contributed by atoms with Gasteiger partial charge in [0.2, 0.25) is 0 Å². The van der Waals surface area contributed by atoms with Gasteiger partial charge in [0, 0.05) is 35.9 Å². The number of rotatable bonds is 6. The second-order valence-corrected chi connectivity index (χ2v) is 8.03. The molecular formula is C21H25N5S. The Bertz CT molecular complexity index is 854. The number of pyridine rings is 1. The number of hydrogen-bond acceptors (Lipinski definition) is 5. The minimum atomic E-state index is 0.840. The van der Waals surface area contributed by atoms with Crippen LogP contribution in [0, 0.1) is 6.92 Å². The number of aryl methyl sites for hydroxylation is 1. The monoisotopic (exact) mass is 379 g/mol. The SMILES string of the molecule is Cc1ccc(-n2c(SCCN3CCCCC3)nnc2-c2cccnc2)cc1. The maximum atomic E-state index is 4.50. The fraction of sp³-hybridized carbons (Fsp3) is 0.381. The van der Waals surface area contributed by atoms with Crippen molar-refractivity contribution in [3.63, 3.8) is 0 Å². The summed E-state index contributed by atoms with van der Waals surface area (Å²) >= 11 is 1.78. The van der Waals surface area contributed by atoms with E-state index in [0.717, 1.165) is 34.5 Å². The molecule has 27 heavy (non-hydrogen) atoms. The van der Waals surface area contributed by atoms with Crippen LogP contribution in [0.5, 0.6) is 0 Å². The fourth-order valence-electron chi connectivity index (χ4n) is 3.42. The lowest BCUT2D eigenvalue weighted by atomic mass is 10.1. The van der Waals surface area contributed by atoms with Crippen LogP contribution in [0.3, 0.4) is 0 Å². The molecule has 0 bridgehead atoms. The van der Waals surface area contributed by atoms with Gasteiger partial charge in [-0.15, -0.1) is 10.2 Å². The van der Waals surface area contributed by atoms with Gasteiger partial charge < -0.3 is 4.90 Å². The molecule has 0 spiro atoms. The minimum absolute atomic E-state index is 0.840. The van der Waals surface area contributed by atoms with Crippen molar-refractivity contribution in [3.8, 4) is 17.1 Å². The molecular weight excluding hydrogens is 354 g/mol. The average molecular weight is 380 g/mol. The first-order chi connectivity index (χ1) is 13.3. The summed E-state index contributed by atoms with van der Waals surface area (Å²) in [6, 6.07) is 12.5. The Kier molecular flexibility index (Phi) is 5.84. The molecule has 1 aliphatic rings. The molecule has 1 aromatic carbocycles. The van der Waals surface area contributed by atoms with Crippen molar-refractivity contribution >= 4 is 11.8 Å². The summed E-state index contributed by atoms with van der Waals surface area (Å²) in [7, 11) is 0. The molecule has 1 fully saturated rings. The summed E-state index contributed by atoms with van der Waals surface area (Å²) in [5.74, 6) is 1.87. The third-order valence-corrected chi connectivity index (χ3v) is 5.84. The summed E-state index contributed by atoms with van der Waals surface area (Å²) in [6.07, 6.45) is 7.66. The van der Waals surface area contributed by atoms with Gasteiger partial charge in [0.15, 0.2) is 11.0 Å². The third kappa shape index (κ3) is 4.39. The van der Waals surface area contributed by atoms with Crippen molar-refractivity contribution in [2.75, 3.05) is 25.4 Å². The van der Waals surface area contributed by atoms with Crippen LogP contribution in [0.25, 0.3) is 17.1 Å². The molecule has 0 aliphatic carbocycles. The highest BCUT2D eigenvalue weighted by Crippen LogP contribution is 2.28. The molecule has 1 aliphatic heterocycles. The van der Waals surface area contributed by atoms with E-state index in [1.807, 2.05) is 18.3 Å². The summed E-state index contributed by atoms with van der Waals surface area (Å²) in [5, 5.41) is 9.93. The Morgan fingerprint density at radius 3 is 2.56 bits per heavy atom. The van der Waals surface area contributed by atoms with E-state index < -0.39 is 0 Å². The van der Waals surface area contributed by atoms with E-state index in [9.17, 15) is 0 Å². The van der Waals surface area contributed by atoms with Crippen molar-refractivity contribution < 1.29 is 0 Å². The predicted molar refractivity (Wildman–Crippen MR) is 110 cm³/mol. The molecule has 5 nitrogen and oxygen atoms in total. The lowest BCUT2D eigenvalue weighted by molar-refractivity contribution is 0.242. The number of thioether (sulfide) groups is 1. The summed E-state index contributed by atoms with van der Waals surface area (Å²) in [4.78, 5) is 6.81. The zero-order valence-corrected chi connectivity index (χ0v) is 16.5. The summed E-state index contributed by atoms with van der Waals surface area (Å²) in [5.41, 5.74) is 3.31. The van der Waals surface area contributed by atoms with E-state index in [-0.39, 0.29) is 0 Å². The highest BCUT2D eigenvalue weighted by molar-refractivity contribution is 7.99. The lowest BCUT2D eigenvalue weighted by Crippen LogP contribution is -2.31. The largest absolute Gasteiger partial charge is 0.303 e. The number of aromatic nitrogens is 4. The number of likely N-dealkylation sites (tertiary alicyclic amines) is 1. The van der Waals surface area contributed by atoms with Crippen LogP contribution in [0.15, 0.2) is 53.9 Å². The normalized spacial score (nSPS) is 15.1. The van der Waals surface area contributed by atoms with Gasteiger partial charge in [-0.3, -0.25) is 9.55 Å². The Morgan fingerprint density at radius 2 is 1.81 bits per heavy atom.